The molecule has 0 aliphatic carbocycles. The lowest BCUT2D eigenvalue weighted by Crippen LogP contribution is -2.15. The standard InChI is InChI=1S/C15H13N3O/c16-9-11-4-3-6-13(8-11)18-10-12-5-1-2-7-14(12)15(17)19/h1-8,18H,10H2,(H2,17,19). The van der Waals surface area contributed by atoms with Crippen LogP contribution in [-0.2, 0) is 6.54 Å². The van der Waals surface area contributed by atoms with E-state index in [1.807, 2.05) is 18.2 Å². The summed E-state index contributed by atoms with van der Waals surface area (Å²) in [6.07, 6.45) is 0. The molecule has 4 nitrogen and oxygen atoms in total. The quantitative estimate of drug-likeness (QED) is 0.874. The third kappa shape index (κ3) is 3.11. The summed E-state index contributed by atoms with van der Waals surface area (Å²) < 4.78 is 0. The van der Waals surface area contributed by atoms with E-state index in [-0.39, 0.29) is 0 Å². The van der Waals surface area contributed by atoms with Gasteiger partial charge in [-0.25, -0.2) is 0 Å². The van der Waals surface area contributed by atoms with E-state index in [0.717, 1.165) is 11.3 Å². The molecular formula is C15H13N3O. The molecule has 19 heavy (non-hydrogen) atoms. The first-order valence-corrected chi connectivity index (χ1v) is 5.82. The highest BCUT2D eigenvalue weighted by molar-refractivity contribution is 5.94. The van der Waals surface area contributed by atoms with Crippen molar-refractivity contribution in [2.24, 2.45) is 5.73 Å². The molecule has 2 aromatic rings. The van der Waals surface area contributed by atoms with Crippen LogP contribution in [0.4, 0.5) is 5.69 Å². The Morgan fingerprint density at radius 1 is 1.21 bits per heavy atom. The predicted molar refractivity (Wildman–Crippen MR) is 73.4 cm³/mol. The predicted octanol–water partition coefficient (Wildman–Crippen LogP) is 2.27. The minimum atomic E-state index is -0.442. The van der Waals surface area contributed by atoms with Crippen LogP contribution in [0.25, 0.3) is 0 Å². The Morgan fingerprint density at radius 3 is 2.74 bits per heavy atom. The zero-order chi connectivity index (χ0) is 13.7. The second-order valence-corrected chi connectivity index (χ2v) is 4.07. The fourth-order valence-corrected chi connectivity index (χ4v) is 1.81. The van der Waals surface area contributed by atoms with Gasteiger partial charge in [-0.3, -0.25) is 4.79 Å². The maximum atomic E-state index is 11.3. The molecule has 0 radical (unpaired) electrons. The molecule has 2 aromatic carbocycles. The molecule has 4 heteroatoms. The van der Waals surface area contributed by atoms with Gasteiger partial charge < -0.3 is 11.1 Å². The van der Waals surface area contributed by atoms with Gasteiger partial charge in [0.2, 0.25) is 5.91 Å². The van der Waals surface area contributed by atoms with Crippen molar-refractivity contribution in [1.29, 1.82) is 5.26 Å². The third-order valence-corrected chi connectivity index (χ3v) is 2.76. The van der Waals surface area contributed by atoms with Crippen LogP contribution in [0.15, 0.2) is 48.5 Å². The molecule has 94 valence electrons. The number of carbonyl (C=O) groups is 1. The van der Waals surface area contributed by atoms with Crippen LogP contribution in [0.1, 0.15) is 21.5 Å². The van der Waals surface area contributed by atoms with Crippen LogP contribution < -0.4 is 11.1 Å². The van der Waals surface area contributed by atoms with Crippen LogP contribution in [0, 0.1) is 11.3 Å². The SMILES string of the molecule is N#Cc1cccc(NCc2ccccc2C(N)=O)c1. The van der Waals surface area contributed by atoms with E-state index in [4.69, 9.17) is 11.0 Å². The highest BCUT2D eigenvalue weighted by atomic mass is 16.1. The first-order valence-electron chi connectivity index (χ1n) is 5.82. The van der Waals surface area contributed by atoms with Gasteiger partial charge in [0.1, 0.15) is 0 Å². The number of rotatable bonds is 4. The summed E-state index contributed by atoms with van der Waals surface area (Å²) >= 11 is 0. The molecule has 1 amide bonds. The molecule has 0 bridgehead atoms. The molecular weight excluding hydrogens is 238 g/mol. The Labute approximate surface area is 111 Å². The zero-order valence-corrected chi connectivity index (χ0v) is 10.3. The van der Waals surface area contributed by atoms with Gasteiger partial charge in [0, 0.05) is 17.8 Å². The summed E-state index contributed by atoms with van der Waals surface area (Å²) in [5.74, 6) is -0.442. The monoisotopic (exact) mass is 251 g/mol. The smallest absolute Gasteiger partial charge is 0.249 e. The van der Waals surface area contributed by atoms with Crippen molar-refractivity contribution in [2.75, 3.05) is 5.32 Å². The van der Waals surface area contributed by atoms with Gasteiger partial charge in [-0.2, -0.15) is 5.26 Å². The van der Waals surface area contributed by atoms with Gasteiger partial charge in [0.25, 0.3) is 0 Å². The molecule has 0 saturated carbocycles. The first kappa shape index (κ1) is 12.7. The largest absolute Gasteiger partial charge is 0.381 e. The summed E-state index contributed by atoms with van der Waals surface area (Å²) in [6.45, 7) is 0.480. The van der Waals surface area contributed by atoms with E-state index in [1.165, 1.54) is 0 Å². The van der Waals surface area contributed by atoms with Crippen LogP contribution in [0.2, 0.25) is 0 Å². The number of hydrogen-bond acceptors (Lipinski definition) is 3. The van der Waals surface area contributed by atoms with E-state index in [9.17, 15) is 4.79 Å². The fourth-order valence-electron chi connectivity index (χ4n) is 1.81. The van der Waals surface area contributed by atoms with Crippen molar-refractivity contribution in [2.45, 2.75) is 6.54 Å². The normalized spacial score (nSPS) is 9.63. The van der Waals surface area contributed by atoms with E-state index < -0.39 is 5.91 Å². The number of nitrogens with zero attached hydrogens (tertiary/aromatic N) is 1. The van der Waals surface area contributed by atoms with E-state index in [1.54, 1.807) is 30.3 Å². The maximum absolute atomic E-state index is 11.3. The molecule has 0 saturated heterocycles. The van der Waals surface area contributed by atoms with Gasteiger partial charge in [-0.1, -0.05) is 24.3 Å². The molecule has 0 fully saturated rings. The number of anilines is 1. The van der Waals surface area contributed by atoms with Crippen LogP contribution in [0.3, 0.4) is 0 Å². The molecule has 0 unspecified atom stereocenters. The van der Waals surface area contributed by atoms with E-state index in [2.05, 4.69) is 11.4 Å². The van der Waals surface area contributed by atoms with Crippen molar-refractivity contribution >= 4 is 11.6 Å². The van der Waals surface area contributed by atoms with Gasteiger partial charge in [-0.15, -0.1) is 0 Å². The number of amides is 1. The number of carbonyl (C=O) groups excluding carboxylic acids is 1. The lowest BCUT2D eigenvalue weighted by atomic mass is 10.1. The van der Waals surface area contributed by atoms with Crippen LogP contribution in [0.5, 0.6) is 0 Å². The highest BCUT2D eigenvalue weighted by Crippen LogP contribution is 2.13. The summed E-state index contributed by atoms with van der Waals surface area (Å²) in [7, 11) is 0. The number of nitriles is 1. The van der Waals surface area contributed by atoms with Crippen molar-refractivity contribution in [3.8, 4) is 6.07 Å². The minimum absolute atomic E-state index is 0.442. The summed E-state index contributed by atoms with van der Waals surface area (Å²) in [4.78, 5) is 11.3. The molecule has 0 aliphatic rings. The van der Waals surface area contributed by atoms with Crippen molar-refractivity contribution in [3.63, 3.8) is 0 Å². The molecule has 0 aromatic heterocycles. The average Bonchev–Trinajstić information content (AvgIpc) is 2.45. The number of primary amides is 1. The Balaban J connectivity index is 2.15. The average molecular weight is 251 g/mol. The van der Waals surface area contributed by atoms with Gasteiger partial charge in [0.05, 0.1) is 11.6 Å². The highest BCUT2D eigenvalue weighted by Gasteiger charge is 2.06. The van der Waals surface area contributed by atoms with Crippen LogP contribution >= 0.6 is 0 Å². The number of nitrogens with two attached hydrogens (primary N) is 1. The molecule has 0 aliphatic heterocycles. The lowest BCUT2D eigenvalue weighted by molar-refractivity contribution is 0.0999. The zero-order valence-electron chi connectivity index (χ0n) is 10.3. The van der Waals surface area contributed by atoms with Crippen molar-refractivity contribution in [1.82, 2.24) is 0 Å². The molecule has 0 spiro atoms. The topological polar surface area (TPSA) is 78.9 Å². The first-order chi connectivity index (χ1) is 9.20. The molecule has 0 atom stereocenters. The van der Waals surface area contributed by atoms with Gasteiger partial charge >= 0.3 is 0 Å². The maximum Gasteiger partial charge on any atom is 0.249 e. The van der Waals surface area contributed by atoms with Gasteiger partial charge in [0.15, 0.2) is 0 Å². The van der Waals surface area contributed by atoms with Crippen molar-refractivity contribution in [3.05, 3.63) is 65.2 Å². The lowest BCUT2D eigenvalue weighted by Gasteiger charge is -2.09. The molecule has 0 heterocycles. The summed E-state index contributed by atoms with van der Waals surface area (Å²) in [5.41, 5.74) is 8.08. The number of hydrogen-bond donors (Lipinski definition) is 2. The number of nitrogens with one attached hydrogen (secondary N) is 1. The Morgan fingerprint density at radius 2 is 2.00 bits per heavy atom. The summed E-state index contributed by atoms with van der Waals surface area (Å²) in [5, 5.41) is 12.0. The van der Waals surface area contributed by atoms with Gasteiger partial charge in [-0.05, 0) is 29.8 Å². The van der Waals surface area contributed by atoms with E-state index in [0.29, 0.717) is 17.7 Å². The second-order valence-electron chi connectivity index (χ2n) is 4.07. The van der Waals surface area contributed by atoms with Crippen LogP contribution in [-0.4, -0.2) is 5.91 Å². The molecule has 3 N–H and O–H groups in total. The Bertz CT molecular complexity index is 644. The number of benzene rings is 2. The van der Waals surface area contributed by atoms with E-state index >= 15 is 0 Å². The summed E-state index contributed by atoms with van der Waals surface area (Å²) in [6, 6.07) is 16.4. The molecule has 2 rings (SSSR count). The fraction of sp³-hybridized carbons (Fsp3) is 0.0667. The third-order valence-electron chi connectivity index (χ3n) is 2.76. The second kappa shape index (κ2) is 5.69. The van der Waals surface area contributed by atoms with Crippen molar-refractivity contribution < 1.29 is 4.79 Å². The Hall–Kier alpha value is -2.80. The minimum Gasteiger partial charge on any atom is -0.381 e. The Kier molecular flexibility index (Phi) is 3.79.